The number of nitrogens with zero attached hydrogens (tertiary/aromatic N) is 2. The molecular weight excluding hydrogens is 262 g/mol. The van der Waals surface area contributed by atoms with Gasteiger partial charge >= 0.3 is 0 Å². The Bertz CT molecular complexity index is 667. The minimum atomic E-state index is 0.241. The summed E-state index contributed by atoms with van der Waals surface area (Å²) in [5, 5.41) is 3.16. The first-order valence-electron chi connectivity index (χ1n) is 7.61. The minimum Gasteiger partial charge on any atom is -0.493 e. The van der Waals surface area contributed by atoms with Gasteiger partial charge in [0.2, 0.25) is 0 Å². The molecule has 1 aliphatic carbocycles. The number of aromatic nitrogens is 2. The molecule has 0 spiro atoms. The van der Waals surface area contributed by atoms with Crippen molar-refractivity contribution in [3.8, 4) is 5.75 Å². The van der Waals surface area contributed by atoms with E-state index in [-0.39, 0.29) is 5.92 Å². The van der Waals surface area contributed by atoms with E-state index >= 15 is 0 Å². The number of para-hydroxylation sites is 1. The molecule has 2 aromatic rings. The van der Waals surface area contributed by atoms with Crippen LogP contribution in [0.1, 0.15) is 41.8 Å². The Hall–Kier alpha value is -2.10. The lowest BCUT2D eigenvalue weighted by Gasteiger charge is -2.24. The fraction of sp³-hybridized carbons (Fsp3) is 0.412. The zero-order valence-electron chi connectivity index (χ0n) is 12.2. The van der Waals surface area contributed by atoms with Gasteiger partial charge in [0, 0.05) is 24.7 Å². The number of hydrogen-bond donors (Lipinski definition) is 1. The molecule has 4 heteroatoms. The minimum absolute atomic E-state index is 0.241. The molecule has 4 rings (SSSR count). The van der Waals surface area contributed by atoms with E-state index in [1.165, 1.54) is 24.1 Å². The molecule has 0 saturated heterocycles. The number of anilines is 1. The molecule has 1 unspecified atom stereocenters. The van der Waals surface area contributed by atoms with Crippen LogP contribution in [-0.2, 0) is 6.42 Å². The van der Waals surface area contributed by atoms with Crippen LogP contribution in [0.15, 0.2) is 30.3 Å². The van der Waals surface area contributed by atoms with E-state index in [2.05, 4.69) is 28.5 Å². The van der Waals surface area contributed by atoms with Gasteiger partial charge in [-0.3, -0.25) is 0 Å². The van der Waals surface area contributed by atoms with Crippen LogP contribution in [0.4, 0.5) is 5.82 Å². The van der Waals surface area contributed by atoms with Gasteiger partial charge in [-0.2, -0.15) is 0 Å². The molecule has 4 nitrogen and oxygen atoms in total. The van der Waals surface area contributed by atoms with Crippen LogP contribution in [-0.4, -0.2) is 23.6 Å². The van der Waals surface area contributed by atoms with Crippen molar-refractivity contribution in [2.75, 3.05) is 19.0 Å². The van der Waals surface area contributed by atoms with Gasteiger partial charge in [0.15, 0.2) is 0 Å². The first kappa shape index (κ1) is 12.6. The molecular formula is C17H19N3O. The van der Waals surface area contributed by atoms with Crippen LogP contribution in [0.5, 0.6) is 5.75 Å². The number of fused-ring (bicyclic) bond motifs is 1. The van der Waals surface area contributed by atoms with Gasteiger partial charge in [-0.15, -0.1) is 0 Å². The van der Waals surface area contributed by atoms with E-state index in [1.807, 2.05) is 19.2 Å². The van der Waals surface area contributed by atoms with Crippen molar-refractivity contribution in [3.63, 3.8) is 0 Å². The highest BCUT2D eigenvalue weighted by molar-refractivity contribution is 5.40. The van der Waals surface area contributed by atoms with Crippen molar-refractivity contribution in [2.45, 2.75) is 31.1 Å². The van der Waals surface area contributed by atoms with Crippen LogP contribution in [0, 0.1) is 0 Å². The van der Waals surface area contributed by atoms with Gasteiger partial charge in [0.05, 0.1) is 12.5 Å². The molecule has 1 fully saturated rings. The van der Waals surface area contributed by atoms with Gasteiger partial charge in [0.25, 0.3) is 0 Å². The maximum Gasteiger partial charge on any atom is 0.137 e. The lowest BCUT2D eigenvalue weighted by atomic mass is 9.96. The molecule has 0 bridgehead atoms. The smallest absolute Gasteiger partial charge is 0.137 e. The van der Waals surface area contributed by atoms with Gasteiger partial charge in [0.1, 0.15) is 17.4 Å². The van der Waals surface area contributed by atoms with Gasteiger partial charge < -0.3 is 10.1 Å². The summed E-state index contributed by atoms with van der Waals surface area (Å²) in [4.78, 5) is 9.47. The molecule has 21 heavy (non-hydrogen) atoms. The third-order valence-corrected chi connectivity index (χ3v) is 4.26. The number of hydrogen-bond acceptors (Lipinski definition) is 4. The van der Waals surface area contributed by atoms with Gasteiger partial charge in [-0.1, -0.05) is 18.2 Å². The number of benzene rings is 1. The average molecular weight is 281 g/mol. The summed E-state index contributed by atoms with van der Waals surface area (Å²) >= 11 is 0. The fourth-order valence-electron chi connectivity index (χ4n) is 2.88. The number of rotatable bonds is 3. The zero-order chi connectivity index (χ0) is 14.2. The normalized spacial score (nSPS) is 20.5. The van der Waals surface area contributed by atoms with Gasteiger partial charge in [-0.25, -0.2) is 9.97 Å². The highest BCUT2D eigenvalue weighted by Gasteiger charge is 2.29. The summed E-state index contributed by atoms with van der Waals surface area (Å²) in [6.45, 7) is 0.661. The Labute approximate surface area is 124 Å². The monoisotopic (exact) mass is 281 g/mol. The molecule has 1 aromatic carbocycles. The van der Waals surface area contributed by atoms with Gasteiger partial charge in [-0.05, 0) is 30.9 Å². The Kier molecular flexibility index (Phi) is 3.02. The maximum atomic E-state index is 5.88. The topological polar surface area (TPSA) is 47.0 Å². The third kappa shape index (κ3) is 2.46. The van der Waals surface area contributed by atoms with Crippen LogP contribution >= 0.6 is 0 Å². The summed E-state index contributed by atoms with van der Waals surface area (Å²) < 4.78 is 5.88. The van der Waals surface area contributed by atoms with E-state index in [1.54, 1.807) is 0 Å². The molecule has 108 valence electrons. The second-order valence-electron chi connectivity index (χ2n) is 5.88. The summed E-state index contributed by atoms with van der Waals surface area (Å²) in [7, 11) is 1.91. The number of nitrogens with one attached hydrogen (secondary N) is 1. The van der Waals surface area contributed by atoms with Crippen LogP contribution in [0.25, 0.3) is 0 Å². The maximum absolute atomic E-state index is 5.88. The van der Waals surface area contributed by atoms with E-state index in [4.69, 9.17) is 9.72 Å². The average Bonchev–Trinajstić information content (AvgIpc) is 3.39. The van der Waals surface area contributed by atoms with Crippen LogP contribution in [0.2, 0.25) is 0 Å². The van der Waals surface area contributed by atoms with E-state index < -0.39 is 0 Å². The largest absolute Gasteiger partial charge is 0.493 e. The first-order chi connectivity index (χ1) is 10.3. The summed E-state index contributed by atoms with van der Waals surface area (Å²) in [6, 6.07) is 10.3. The summed E-state index contributed by atoms with van der Waals surface area (Å²) in [5.74, 6) is 3.71. The molecule has 2 aliphatic rings. The predicted molar refractivity (Wildman–Crippen MR) is 81.9 cm³/mol. The van der Waals surface area contributed by atoms with Crippen molar-refractivity contribution in [1.82, 2.24) is 9.97 Å². The van der Waals surface area contributed by atoms with Crippen molar-refractivity contribution in [2.24, 2.45) is 0 Å². The molecule has 1 atom stereocenters. The summed E-state index contributed by atoms with van der Waals surface area (Å²) in [6.07, 6.45) is 3.46. The quantitative estimate of drug-likeness (QED) is 0.939. The van der Waals surface area contributed by atoms with Crippen molar-refractivity contribution in [3.05, 3.63) is 47.4 Å². The van der Waals surface area contributed by atoms with Crippen molar-refractivity contribution in [1.29, 1.82) is 0 Å². The predicted octanol–water partition coefficient (Wildman–Crippen LogP) is 3.11. The SMILES string of the molecule is CNc1cc(C2CC2)nc(C2COc3ccccc3C2)n1. The Morgan fingerprint density at radius 1 is 1.14 bits per heavy atom. The molecule has 0 amide bonds. The summed E-state index contributed by atoms with van der Waals surface area (Å²) in [5.41, 5.74) is 2.43. The number of ether oxygens (including phenoxy) is 1. The van der Waals surface area contributed by atoms with E-state index in [0.717, 1.165) is 23.8 Å². The Morgan fingerprint density at radius 3 is 2.81 bits per heavy atom. The lowest BCUT2D eigenvalue weighted by molar-refractivity contribution is 0.257. The zero-order valence-corrected chi connectivity index (χ0v) is 12.2. The molecule has 2 heterocycles. The fourth-order valence-corrected chi connectivity index (χ4v) is 2.88. The molecule has 1 aliphatic heterocycles. The molecule has 1 aromatic heterocycles. The van der Waals surface area contributed by atoms with E-state index in [0.29, 0.717) is 12.5 Å². The van der Waals surface area contributed by atoms with Crippen molar-refractivity contribution >= 4 is 5.82 Å². The highest BCUT2D eigenvalue weighted by atomic mass is 16.5. The third-order valence-electron chi connectivity index (χ3n) is 4.26. The first-order valence-corrected chi connectivity index (χ1v) is 7.61. The van der Waals surface area contributed by atoms with Crippen LogP contribution < -0.4 is 10.1 Å². The van der Waals surface area contributed by atoms with Crippen molar-refractivity contribution < 1.29 is 4.74 Å². The standard InChI is InChI=1S/C17H19N3O/c1-18-16-9-14(11-6-7-11)19-17(20-16)13-8-12-4-2-3-5-15(12)21-10-13/h2-5,9,11,13H,6-8,10H2,1H3,(H,18,19,20). The Morgan fingerprint density at radius 2 is 2.00 bits per heavy atom. The molecule has 1 saturated carbocycles. The second-order valence-corrected chi connectivity index (χ2v) is 5.88. The Balaban J connectivity index is 1.66. The second kappa shape index (κ2) is 5.02. The van der Waals surface area contributed by atoms with E-state index in [9.17, 15) is 0 Å². The highest BCUT2D eigenvalue weighted by Crippen LogP contribution is 2.40. The molecule has 1 N–H and O–H groups in total. The lowest BCUT2D eigenvalue weighted by Crippen LogP contribution is -2.22. The van der Waals surface area contributed by atoms with Crippen LogP contribution in [0.3, 0.4) is 0 Å². The molecule has 0 radical (unpaired) electrons.